The Labute approximate surface area is 105 Å². The topological polar surface area (TPSA) is 59.4 Å². The zero-order chi connectivity index (χ0) is 12.7. The number of rotatable bonds is 2. The van der Waals surface area contributed by atoms with Gasteiger partial charge >= 0.3 is 0 Å². The zero-order valence-corrected chi connectivity index (χ0v) is 10.7. The third-order valence-electron chi connectivity index (χ3n) is 3.10. The van der Waals surface area contributed by atoms with Gasteiger partial charge in [0.1, 0.15) is 5.82 Å². The number of nitrogens with one attached hydrogen (secondary N) is 1. The molecule has 0 saturated heterocycles. The number of aromatic nitrogens is 5. The molecule has 0 aliphatic rings. The molecular formula is C13H15N5. The SMILES string of the molecule is CCc1nn(C)cc1-c1nc2nccc(C)c2[nH]1. The third-order valence-corrected chi connectivity index (χ3v) is 3.10. The van der Waals surface area contributed by atoms with Gasteiger partial charge < -0.3 is 4.98 Å². The van der Waals surface area contributed by atoms with Gasteiger partial charge in [0.2, 0.25) is 0 Å². The molecule has 0 aliphatic carbocycles. The van der Waals surface area contributed by atoms with E-state index in [0.29, 0.717) is 0 Å². The van der Waals surface area contributed by atoms with Crippen molar-refractivity contribution in [2.45, 2.75) is 20.3 Å². The van der Waals surface area contributed by atoms with Gasteiger partial charge in [0.05, 0.1) is 16.8 Å². The van der Waals surface area contributed by atoms with Crippen LogP contribution >= 0.6 is 0 Å². The number of hydrogen-bond donors (Lipinski definition) is 1. The van der Waals surface area contributed by atoms with Crippen LogP contribution in [0.5, 0.6) is 0 Å². The number of pyridine rings is 1. The van der Waals surface area contributed by atoms with Gasteiger partial charge in [-0.05, 0) is 25.0 Å². The number of aromatic amines is 1. The van der Waals surface area contributed by atoms with Crippen molar-refractivity contribution in [3.8, 4) is 11.4 Å². The normalized spacial score (nSPS) is 11.3. The molecule has 18 heavy (non-hydrogen) atoms. The van der Waals surface area contributed by atoms with Gasteiger partial charge in [0.25, 0.3) is 0 Å². The highest BCUT2D eigenvalue weighted by atomic mass is 15.3. The summed E-state index contributed by atoms with van der Waals surface area (Å²) < 4.78 is 1.82. The second-order valence-corrected chi connectivity index (χ2v) is 4.43. The first-order valence-electron chi connectivity index (χ1n) is 6.03. The summed E-state index contributed by atoms with van der Waals surface area (Å²) in [6.07, 6.45) is 4.66. The zero-order valence-electron chi connectivity index (χ0n) is 10.7. The summed E-state index contributed by atoms with van der Waals surface area (Å²) in [5, 5.41) is 4.43. The Bertz CT molecular complexity index is 707. The molecule has 0 fully saturated rings. The fourth-order valence-electron chi connectivity index (χ4n) is 2.16. The number of aryl methyl sites for hydroxylation is 3. The van der Waals surface area contributed by atoms with Crippen LogP contribution in [0, 0.1) is 6.92 Å². The summed E-state index contributed by atoms with van der Waals surface area (Å²) in [6, 6.07) is 1.98. The number of hydrogen-bond acceptors (Lipinski definition) is 3. The Morgan fingerprint density at radius 2 is 2.22 bits per heavy atom. The highest BCUT2D eigenvalue weighted by Gasteiger charge is 2.13. The molecule has 0 spiro atoms. The van der Waals surface area contributed by atoms with Crippen molar-refractivity contribution in [1.29, 1.82) is 0 Å². The lowest BCUT2D eigenvalue weighted by atomic mass is 10.2. The molecule has 0 unspecified atom stereocenters. The highest BCUT2D eigenvalue weighted by molar-refractivity contribution is 5.79. The van der Waals surface area contributed by atoms with Crippen molar-refractivity contribution < 1.29 is 0 Å². The van der Waals surface area contributed by atoms with Crippen LogP contribution in [0.25, 0.3) is 22.6 Å². The van der Waals surface area contributed by atoms with Crippen LogP contribution in [-0.4, -0.2) is 24.7 Å². The van der Waals surface area contributed by atoms with E-state index in [1.165, 1.54) is 0 Å². The van der Waals surface area contributed by atoms with Crippen molar-refractivity contribution in [3.05, 3.63) is 29.7 Å². The molecule has 0 aromatic carbocycles. The second kappa shape index (κ2) is 3.94. The first kappa shape index (κ1) is 11.0. The number of H-pyrrole nitrogens is 1. The van der Waals surface area contributed by atoms with Crippen molar-refractivity contribution in [3.63, 3.8) is 0 Å². The Kier molecular flexibility index (Phi) is 2.40. The number of fused-ring (bicyclic) bond motifs is 1. The summed E-state index contributed by atoms with van der Waals surface area (Å²) in [4.78, 5) is 12.2. The molecule has 0 bridgehead atoms. The fraction of sp³-hybridized carbons (Fsp3) is 0.308. The molecule has 3 heterocycles. The van der Waals surface area contributed by atoms with E-state index >= 15 is 0 Å². The van der Waals surface area contributed by atoms with Crippen LogP contribution in [0.3, 0.4) is 0 Å². The molecule has 3 aromatic heterocycles. The van der Waals surface area contributed by atoms with Crippen molar-refractivity contribution in [1.82, 2.24) is 24.7 Å². The summed E-state index contributed by atoms with van der Waals surface area (Å²) in [5.41, 5.74) is 5.02. The van der Waals surface area contributed by atoms with Crippen LogP contribution < -0.4 is 0 Å². The van der Waals surface area contributed by atoms with Crippen LogP contribution in [-0.2, 0) is 13.5 Å². The second-order valence-electron chi connectivity index (χ2n) is 4.43. The summed E-state index contributed by atoms with van der Waals surface area (Å²) in [6.45, 7) is 4.15. The average molecular weight is 241 g/mol. The summed E-state index contributed by atoms with van der Waals surface area (Å²) >= 11 is 0. The first-order chi connectivity index (χ1) is 8.69. The van der Waals surface area contributed by atoms with E-state index in [2.05, 4.69) is 33.9 Å². The van der Waals surface area contributed by atoms with Gasteiger partial charge in [-0.15, -0.1) is 0 Å². The Morgan fingerprint density at radius 1 is 1.39 bits per heavy atom. The molecule has 3 aromatic rings. The molecule has 5 nitrogen and oxygen atoms in total. The van der Waals surface area contributed by atoms with E-state index in [0.717, 1.165) is 40.2 Å². The van der Waals surface area contributed by atoms with Gasteiger partial charge in [-0.2, -0.15) is 5.10 Å². The van der Waals surface area contributed by atoms with E-state index < -0.39 is 0 Å². The molecule has 0 aliphatic heterocycles. The molecule has 3 rings (SSSR count). The highest BCUT2D eigenvalue weighted by Crippen LogP contribution is 2.23. The van der Waals surface area contributed by atoms with E-state index in [1.807, 2.05) is 24.0 Å². The van der Waals surface area contributed by atoms with Gasteiger partial charge in [0.15, 0.2) is 5.65 Å². The third kappa shape index (κ3) is 1.59. The standard InChI is InChI=1S/C13H15N5/c1-4-10-9(7-18(3)17-10)12-15-11-8(2)5-6-14-13(11)16-12/h5-7H,4H2,1-3H3,(H,14,15,16). The van der Waals surface area contributed by atoms with E-state index in [-0.39, 0.29) is 0 Å². The maximum atomic E-state index is 4.55. The number of nitrogens with zero attached hydrogens (tertiary/aromatic N) is 4. The monoisotopic (exact) mass is 241 g/mol. The minimum atomic E-state index is 0.760. The lowest BCUT2D eigenvalue weighted by Crippen LogP contribution is -1.89. The first-order valence-corrected chi connectivity index (χ1v) is 6.03. The summed E-state index contributed by atoms with van der Waals surface area (Å²) in [7, 11) is 1.93. The van der Waals surface area contributed by atoms with E-state index in [1.54, 1.807) is 6.20 Å². The largest absolute Gasteiger partial charge is 0.336 e. The smallest absolute Gasteiger partial charge is 0.178 e. The molecule has 0 atom stereocenters. The van der Waals surface area contributed by atoms with Crippen molar-refractivity contribution in [2.75, 3.05) is 0 Å². The van der Waals surface area contributed by atoms with E-state index in [4.69, 9.17) is 0 Å². The van der Waals surface area contributed by atoms with Gasteiger partial charge in [-0.1, -0.05) is 6.92 Å². The van der Waals surface area contributed by atoms with Crippen LogP contribution in [0.1, 0.15) is 18.2 Å². The molecule has 5 heteroatoms. The molecule has 92 valence electrons. The predicted octanol–water partition coefficient (Wildman–Crippen LogP) is 2.23. The molecule has 0 amide bonds. The van der Waals surface area contributed by atoms with Crippen molar-refractivity contribution in [2.24, 2.45) is 7.05 Å². The maximum absolute atomic E-state index is 4.55. The Balaban J connectivity index is 2.22. The quantitative estimate of drug-likeness (QED) is 0.748. The van der Waals surface area contributed by atoms with E-state index in [9.17, 15) is 0 Å². The maximum Gasteiger partial charge on any atom is 0.178 e. The minimum absolute atomic E-state index is 0.760. The summed E-state index contributed by atoms with van der Waals surface area (Å²) in [5.74, 6) is 0.844. The predicted molar refractivity (Wildman–Crippen MR) is 70.2 cm³/mol. The lowest BCUT2D eigenvalue weighted by molar-refractivity contribution is 0.746. The van der Waals surface area contributed by atoms with Crippen LogP contribution in [0.4, 0.5) is 0 Å². The van der Waals surface area contributed by atoms with Gasteiger partial charge in [-0.3, -0.25) is 4.68 Å². The molecule has 0 radical (unpaired) electrons. The Morgan fingerprint density at radius 3 is 2.94 bits per heavy atom. The molecule has 1 N–H and O–H groups in total. The minimum Gasteiger partial charge on any atom is -0.336 e. The van der Waals surface area contributed by atoms with Crippen LogP contribution in [0.2, 0.25) is 0 Å². The molecule has 0 saturated carbocycles. The average Bonchev–Trinajstić information content (AvgIpc) is 2.92. The van der Waals surface area contributed by atoms with Gasteiger partial charge in [-0.25, -0.2) is 9.97 Å². The number of imidazole rings is 1. The fourth-order valence-corrected chi connectivity index (χ4v) is 2.16. The van der Waals surface area contributed by atoms with Crippen LogP contribution in [0.15, 0.2) is 18.5 Å². The Hall–Kier alpha value is -2.17. The lowest BCUT2D eigenvalue weighted by Gasteiger charge is -1.94. The van der Waals surface area contributed by atoms with Crippen molar-refractivity contribution >= 4 is 11.2 Å². The van der Waals surface area contributed by atoms with Gasteiger partial charge in [0, 0.05) is 19.4 Å². The molecular weight excluding hydrogens is 226 g/mol.